The summed E-state index contributed by atoms with van der Waals surface area (Å²) in [6, 6.07) is 0. The molecule has 1 aliphatic heterocycles. The van der Waals surface area contributed by atoms with Gasteiger partial charge in [0.15, 0.2) is 0 Å². The second-order valence-corrected chi connectivity index (χ2v) is 4.83. The smallest absolute Gasteiger partial charge is 0.260 e. The standard InChI is InChI=1S/C14H23FN2O/c1-5-7-8-12-16-14(6-2,9-10-15)13(18)17(12)11(3)4/h3,5-10H2,1-2,4H3. The maximum Gasteiger partial charge on any atom is 0.260 e. The molecule has 3 nitrogen and oxygen atoms in total. The van der Waals surface area contributed by atoms with Crippen LogP contribution in [0.1, 0.15) is 52.9 Å². The van der Waals surface area contributed by atoms with Crippen LogP contribution in [0.2, 0.25) is 0 Å². The average Bonchev–Trinajstić information content (AvgIpc) is 2.61. The fourth-order valence-corrected chi connectivity index (χ4v) is 2.29. The number of allylic oxidation sites excluding steroid dienone is 1. The van der Waals surface area contributed by atoms with Crippen molar-refractivity contribution in [3.05, 3.63) is 12.3 Å². The molecule has 0 aromatic heterocycles. The van der Waals surface area contributed by atoms with Crippen LogP contribution in [0.4, 0.5) is 4.39 Å². The van der Waals surface area contributed by atoms with Gasteiger partial charge in [0.05, 0.1) is 6.67 Å². The lowest BCUT2D eigenvalue weighted by Gasteiger charge is -2.24. The normalized spacial score (nSPS) is 23.4. The predicted molar refractivity (Wildman–Crippen MR) is 72.2 cm³/mol. The van der Waals surface area contributed by atoms with E-state index in [0.717, 1.165) is 25.1 Å². The lowest BCUT2D eigenvalue weighted by Crippen LogP contribution is -2.41. The number of carbonyl (C=O) groups is 1. The van der Waals surface area contributed by atoms with Crippen LogP contribution >= 0.6 is 0 Å². The van der Waals surface area contributed by atoms with E-state index < -0.39 is 12.2 Å². The van der Waals surface area contributed by atoms with E-state index in [-0.39, 0.29) is 12.3 Å². The van der Waals surface area contributed by atoms with Gasteiger partial charge in [-0.3, -0.25) is 19.1 Å². The Labute approximate surface area is 109 Å². The molecule has 1 rings (SSSR count). The summed E-state index contributed by atoms with van der Waals surface area (Å²) in [6.45, 7) is 9.09. The highest BCUT2D eigenvalue weighted by atomic mass is 19.1. The van der Waals surface area contributed by atoms with Crippen molar-refractivity contribution in [2.24, 2.45) is 4.99 Å². The summed E-state index contributed by atoms with van der Waals surface area (Å²) >= 11 is 0. The summed E-state index contributed by atoms with van der Waals surface area (Å²) in [5.74, 6) is 0.644. The molecule has 0 saturated heterocycles. The molecule has 4 heteroatoms. The van der Waals surface area contributed by atoms with Crippen LogP contribution in [0.3, 0.4) is 0 Å². The molecule has 1 amide bonds. The molecular formula is C14H23FN2O. The first-order chi connectivity index (χ1) is 8.52. The Morgan fingerprint density at radius 3 is 2.61 bits per heavy atom. The Morgan fingerprint density at radius 2 is 2.17 bits per heavy atom. The monoisotopic (exact) mass is 254 g/mol. The van der Waals surface area contributed by atoms with E-state index in [1.807, 2.05) is 6.92 Å². The van der Waals surface area contributed by atoms with Crippen molar-refractivity contribution in [3.63, 3.8) is 0 Å². The molecule has 0 spiro atoms. The first-order valence-electron chi connectivity index (χ1n) is 6.67. The number of amidine groups is 1. The van der Waals surface area contributed by atoms with E-state index in [2.05, 4.69) is 18.5 Å². The molecule has 0 saturated carbocycles. The summed E-state index contributed by atoms with van der Waals surface area (Å²) in [4.78, 5) is 18.6. The number of nitrogens with zero attached hydrogens (tertiary/aromatic N) is 2. The lowest BCUT2D eigenvalue weighted by molar-refractivity contribution is -0.130. The zero-order valence-corrected chi connectivity index (χ0v) is 11.6. The minimum atomic E-state index is -0.892. The fraction of sp³-hybridized carbons (Fsp3) is 0.714. The van der Waals surface area contributed by atoms with Crippen molar-refractivity contribution >= 4 is 11.7 Å². The fourth-order valence-electron chi connectivity index (χ4n) is 2.29. The van der Waals surface area contributed by atoms with E-state index in [4.69, 9.17) is 0 Å². The maximum atomic E-state index is 12.7. The van der Waals surface area contributed by atoms with Crippen LogP contribution in [0.15, 0.2) is 17.3 Å². The highest BCUT2D eigenvalue weighted by Crippen LogP contribution is 2.33. The molecule has 0 N–H and O–H groups in total. The molecule has 0 aromatic rings. The third-order valence-corrected chi connectivity index (χ3v) is 3.43. The molecule has 0 radical (unpaired) electrons. The Bertz CT molecular complexity index is 365. The van der Waals surface area contributed by atoms with Crippen LogP contribution in [0, 0.1) is 0 Å². The van der Waals surface area contributed by atoms with Gasteiger partial charge in [-0.15, -0.1) is 0 Å². The minimum Gasteiger partial charge on any atom is -0.271 e. The van der Waals surface area contributed by atoms with Gasteiger partial charge in [0.2, 0.25) is 0 Å². The van der Waals surface area contributed by atoms with Gasteiger partial charge in [-0.05, 0) is 19.8 Å². The van der Waals surface area contributed by atoms with E-state index in [1.165, 1.54) is 0 Å². The Hall–Kier alpha value is -1.19. The number of aliphatic imine (C=N–C) groups is 1. The van der Waals surface area contributed by atoms with Gasteiger partial charge in [-0.1, -0.05) is 26.8 Å². The maximum absolute atomic E-state index is 12.7. The average molecular weight is 254 g/mol. The van der Waals surface area contributed by atoms with E-state index in [1.54, 1.807) is 11.8 Å². The second-order valence-electron chi connectivity index (χ2n) is 4.83. The van der Waals surface area contributed by atoms with Crippen molar-refractivity contribution in [1.82, 2.24) is 4.90 Å². The summed E-state index contributed by atoms with van der Waals surface area (Å²) in [6.07, 6.45) is 3.48. The molecule has 1 aliphatic rings. The Balaban J connectivity index is 3.05. The molecular weight excluding hydrogens is 231 g/mol. The third-order valence-electron chi connectivity index (χ3n) is 3.43. The Kier molecular flexibility index (Phi) is 5.05. The number of carbonyl (C=O) groups excluding carboxylic acids is 1. The molecule has 18 heavy (non-hydrogen) atoms. The molecule has 1 atom stereocenters. The number of rotatable bonds is 7. The van der Waals surface area contributed by atoms with Crippen molar-refractivity contribution in [1.29, 1.82) is 0 Å². The predicted octanol–water partition coefficient (Wildman–Crippen LogP) is 3.46. The number of hydrogen-bond acceptors (Lipinski definition) is 2. The van der Waals surface area contributed by atoms with Gasteiger partial charge in [-0.2, -0.15) is 0 Å². The molecule has 0 aliphatic carbocycles. The highest BCUT2D eigenvalue weighted by molar-refractivity contribution is 6.09. The zero-order chi connectivity index (χ0) is 13.8. The molecule has 102 valence electrons. The largest absolute Gasteiger partial charge is 0.271 e. The summed E-state index contributed by atoms with van der Waals surface area (Å²) < 4.78 is 12.7. The number of halogens is 1. The van der Waals surface area contributed by atoms with E-state index in [0.29, 0.717) is 12.1 Å². The quantitative estimate of drug-likeness (QED) is 0.684. The molecule has 0 fully saturated rings. The number of alkyl halides is 1. The van der Waals surface area contributed by atoms with Gasteiger partial charge in [0.1, 0.15) is 11.4 Å². The summed E-state index contributed by atoms with van der Waals surface area (Å²) in [7, 11) is 0. The van der Waals surface area contributed by atoms with Crippen molar-refractivity contribution in [2.45, 2.75) is 58.4 Å². The topological polar surface area (TPSA) is 32.7 Å². The van der Waals surface area contributed by atoms with E-state index in [9.17, 15) is 9.18 Å². The number of unbranched alkanes of at least 4 members (excludes halogenated alkanes) is 1. The van der Waals surface area contributed by atoms with Gasteiger partial charge in [0.25, 0.3) is 5.91 Å². The number of amides is 1. The molecule has 0 aromatic carbocycles. The van der Waals surface area contributed by atoms with Crippen LogP contribution in [0.5, 0.6) is 0 Å². The van der Waals surface area contributed by atoms with Crippen molar-refractivity contribution < 1.29 is 9.18 Å². The molecule has 1 unspecified atom stereocenters. The summed E-state index contributed by atoms with van der Waals surface area (Å²) in [5.41, 5.74) is -0.222. The van der Waals surface area contributed by atoms with Gasteiger partial charge < -0.3 is 0 Å². The summed E-state index contributed by atoms with van der Waals surface area (Å²) in [5, 5.41) is 0. The van der Waals surface area contributed by atoms with Crippen molar-refractivity contribution in [3.8, 4) is 0 Å². The first kappa shape index (κ1) is 14.9. The van der Waals surface area contributed by atoms with Gasteiger partial charge in [0, 0.05) is 18.5 Å². The molecule has 0 bridgehead atoms. The van der Waals surface area contributed by atoms with Gasteiger partial charge in [-0.25, -0.2) is 0 Å². The number of hydrogen-bond donors (Lipinski definition) is 0. The second kappa shape index (κ2) is 6.12. The first-order valence-corrected chi connectivity index (χ1v) is 6.67. The highest BCUT2D eigenvalue weighted by Gasteiger charge is 2.46. The zero-order valence-electron chi connectivity index (χ0n) is 11.6. The van der Waals surface area contributed by atoms with Crippen LogP contribution < -0.4 is 0 Å². The lowest BCUT2D eigenvalue weighted by atomic mass is 9.93. The minimum absolute atomic E-state index is 0.110. The SMILES string of the molecule is C=C(C)N1C(=O)C(CC)(CCF)N=C1CCCC. The van der Waals surface area contributed by atoms with Gasteiger partial charge >= 0.3 is 0 Å². The van der Waals surface area contributed by atoms with Crippen LogP contribution in [0.25, 0.3) is 0 Å². The molecule has 1 heterocycles. The third kappa shape index (κ3) is 2.62. The van der Waals surface area contributed by atoms with Crippen LogP contribution in [-0.2, 0) is 4.79 Å². The van der Waals surface area contributed by atoms with Crippen molar-refractivity contribution in [2.75, 3.05) is 6.67 Å². The Morgan fingerprint density at radius 1 is 1.50 bits per heavy atom. The van der Waals surface area contributed by atoms with Crippen LogP contribution in [-0.4, -0.2) is 28.9 Å². The van der Waals surface area contributed by atoms with E-state index >= 15 is 0 Å².